The van der Waals surface area contributed by atoms with Crippen molar-refractivity contribution >= 4 is 17.4 Å². The van der Waals surface area contributed by atoms with Gasteiger partial charge in [0.2, 0.25) is 0 Å². The number of fused-ring (bicyclic) bond motifs is 1. The van der Waals surface area contributed by atoms with Crippen LogP contribution in [0.15, 0.2) is 18.2 Å². The second-order valence-corrected chi connectivity index (χ2v) is 5.80. The smallest absolute Gasteiger partial charge is 0.170 e. The lowest BCUT2D eigenvalue weighted by Gasteiger charge is -2.43. The van der Waals surface area contributed by atoms with Crippen LogP contribution in [0.1, 0.15) is 29.6 Å². The molecule has 0 aliphatic carbocycles. The van der Waals surface area contributed by atoms with E-state index in [1.165, 1.54) is 0 Å². The Morgan fingerprint density at radius 2 is 2.28 bits per heavy atom. The van der Waals surface area contributed by atoms with Crippen LogP contribution in [-0.4, -0.2) is 36.4 Å². The summed E-state index contributed by atoms with van der Waals surface area (Å²) in [6.45, 7) is 1.90. The molecule has 4 heteroatoms. The molecule has 18 heavy (non-hydrogen) atoms. The fourth-order valence-electron chi connectivity index (χ4n) is 3.02. The molecule has 96 valence electrons. The van der Waals surface area contributed by atoms with Gasteiger partial charge in [-0.25, -0.2) is 0 Å². The Morgan fingerprint density at radius 1 is 1.44 bits per heavy atom. The summed E-state index contributed by atoms with van der Waals surface area (Å²) >= 11 is 5.93. The van der Waals surface area contributed by atoms with E-state index in [0.717, 1.165) is 25.9 Å². The number of likely N-dealkylation sites (tertiary alicyclic amines) is 1. The van der Waals surface area contributed by atoms with Crippen LogP contribution in [0.5, 0.6) is 5.75 Å². The van der Waals surface area contributed by atoms with Gasteiger partial charge in [0.15, 0.2) is 5.78 Å². The molecule has 2 aliphatic heterocycles. The molecule has 0 aromatic heterocycles. The van der Waals surface area contributed by atoms with Gasteiger partial charge in [-0.05, 0) is 44.6 Å². The number of Topliss-reactive ketones (excluding diaryl/α,β-unsaturated/α-hetero) is 1. The molecule has 3 rings (SSSR count). The Labute approximate surface area is 112 Å². The minimum atomic E-state index is -0.328. The van der Waals surface area contributed by atoms with E-state index in [0.29, 0.717) is 22.8 Å². The van der Waals surface area contributed by atoms with E-state index in [9.17, 15) is 4.79 Å². The predicted molar refractivity (Wildman–Crippen MR) is 70.5 cm³/mol. The van der Waals surface area contributed by atoms with Crippen molar-refractivity contribution in [3.63, 3.8) is 0 Å². The number of hydrogen-bond donors (Lipinski definition) is 0. The Balaban J connectivity index is 1.96. The number of piperidine rings is 1. The van der Waals surface area contributed by atoms with Crippen LogP contribution in [0.2, 0.25) is 5.02 Å². The molecule has 0 bridgehead atoms. The van der Waals surface area contributed by atoms with Crippen LogP contribution in [0.4, 0.5) is 0 Å². The van der Waals surface area contributed by atoms with Crippen LogP contribution in [-0.2, 0) is 0 Å². The maximum atomic E-state index is 12.3. The number of hydrogen-bond acceptors (Lipinski definition) is 3. The van der Waals surface area contributed by atoms with E-state index in [1.807, 2.05) is 6.07 Å². The molecular formula is C14H16ClNO2. The average molecular weight is 266 g/mol. The van der Waals surface area contributed by atoms with Crippen LogP contribution < -0.4 is 4.74 Å². The van der Waals surface area contributed by atoms with E-state index in [4.69, 9.17) is 16.3 Å². The molecule has 0 radical (unpaired) electrons. The number of carbonyl (C=O) groups is 1. The van der Waals surface area contributed by atoms with Crippen molar-refractivity contribution in [2.45, 2.75) is 24.9 Å². The SMILES string of the molecule is CN1CCCC2(CC(=O)c3cc(Cl)ccc3O2)C1. The highest BCUT2D eigenvalue weighted by Crippen LogP contribution is 2.38. The monoisotopic (exact) mass is 265 g/mol. The Hall–Kier alpha value is -1.06. The summed E-state index contributed by atoms with van der Waals surface area (Å²) in [5.41, 5.74) is 0.298. The molecule has 2 heterocycles. The van der Waals surface area contributed by atoms with Crippen molar-refractivity contribution in [3.8, 4) is 5.75 Å². The first-order chi connectivity index (χ1) is 8.58. The van der Waals surface area contributed by atoms with Crippen LogP contribution in [0.25, 0.3) is 0 Å². The third-order valence-corrected chi connectivity index (χ3v) is 4.02. The van der Waals surface area contributed by atoms with Gasteiger partial charge in [-0.2, -0.15) is 0 Å². The zero-order valence-corrected chi connectivity index (χ0v) is 11.2. The van der Waals surface area contributed by atoms with E-state index >= 15 is 0 Å². The fourth-order valence-corrected chi connectivity index (χ4v) is 3.19. The molecule has 1 unspecified atom stereocenters. The molecule has 1 aromatic rings. The number of rotatable bonds is 0. The number of carbonyl (C=O) groups excluding carboxylic acids is 1. The maximum absolute atomic E-state index is 12.3. The molecule has 3 nitrogen and oxygen atoms in total. The van der Waals surface area contributed by atoms with E-state index < -0.39 is 0 Å². The van der Waals surface area contributed by atoms with Gasteiger partial charge < -0.3 is 9.64 Å². The largest absolute Gasteiger partial charge is 0.485 e. The summed E-state index contributed by atoms with van der Waals surface area (Å²) in [6, 6.07) is 5.29. The van der Waals surface area contributed by atoms with Gasteiger partial charge in [0.25, 0.3) is 0 Å². The third-order valence-electron chi connectivity index (χ3n) is 3.78. The van der Waals surface area contributed by atoms with Crippen molar-refractivity contribution in [2.24, 2.45) is 0 Å². The van der Waals surface area contributed by atoms with Gasteiger partial charge in [-0.15, -0.1) is 0 Å². The summed E-state index contributed by atoms with van der Waals surface area (Å²) in [7, 11) is 2.08. The number of ether oxygens (including phenoxy) is 1. The van der Waals surface area contributed by atoms with Gasteiger partial charge >= 0.3 is 0 Å². The number of likely N-dealkylation sites (N-methyl/N-ethyl adjacent to an activating group) is 1. The van der Waals surface area contributed by atoms with Crippen LogP contribution in [0, 0.1) is 0 Å². The normalized spacial score (nSPS) is 28.0. The first-order valence-corrected chi connectivity index (χ1v) is 6.66. The number of benzene rings is 1. The number of ketones is 1. The molecule has 2 aliphatic rings. The second-order valence-electron chi connectivity index (χ2n) is 5.37. The second kappa shape index (κ2) is 4.25. The predicted octanol–water partition coefficient (Wildman–Crippen LogP) is 2.77. The molecule has 1 saturated heterocycles. The zero-order valence-electron chi connectivity index (χ0n) is 10.4. The average Bonchev–Trinajstić information content (AvgIpc) is 2.30. The van der Waals surface area contributed by atoms with Gasteiger partial charge in [-0.3, -0.25) is 4.79 Å². The minimum absolute atomic E-state index is 0.147. The highest BCUT2D eigenvalue weighted by Gasteiger charge is 2.42. The molecule has 1 fully saturated rings. The summed E-state index contributed by atoms with van der Waals surface area (Å²) in [5, 5.41) is 0.586. The molecule has 0 amide bonds. The van der Waals surface area contributed by atoms with Gasteiger partial charge in [0, 0.05) is 11.6 Å². The van der Waals surface area contributed by atoms with Crippen molar-refractivity contribution < 1.29 is 9.53 Å². The molecule has 0 saturated carbocycles. The third kappa shape index (κ3) is 2.02. The van der Waals surface area contributed by atoms with Crippen molar-refractivity contribution in [2.75, 3.05) is 20.1 Å². The number of halogens is 1. The Kier molecular flexibility index (Phi) is 2.83. The minimum Gasteiger partial charge on any atom is -0.485 e. The topological polar surface area (TPSA) is 29.5 Å². The highest BCUT2D eigenvalue weighted by molar-refractivity contribution is 6.31. The zero-order chi connectivity index (χ0) is 12.8. The lowest BCUT2D eigenvalue weighted by molar-refractivity contribution is -0.0104. The van der Waals surface area contributed by atoms with Gasteiger partial charge in [0.05, 0.1) is 12.0 Å². The summed E-state index contributed by atoms with van der Waals surface area (Å²) in [6.07, 6.45) is 2.49. The molecule has 1 spiro atoms. The number of nitrogens with zero attached hydrogens (tertiary/aromatic N) is 1. The first-order valence-electron chi connectivity index (χ1n) is 6.28. The standard InChI is InChI=1S/C14H16ClNO2/c1-16-6-2-5-14(9-16)8-12(17)11-7-10(15)3-4-13(11)18-14/h3-4,7H,2,5-6,8-9H2,1H3. The summed E-state index contributed by atoms with van der Waals surface area (Å²) < 4.78 is 6.14. The lowest BCUT2D eigenvalue weighted by atomic mass is 9.84. The quantitative estimate of drug-likeness (QED) is 0.722. The summed E-state index contributed by atoms with van der Waals surface area (Å²) in [5.74, 6) is 0.833. The fraction of sp³-hybridized carbons (Fsp3) is 0.500. The van der Waals surface area contributed by atoms with E-state index in [-0.39, 0.29) is 11.4 Å². The molecule has 1 atom stereocenters. The summed E-state index contributed by atoms with van der Waals surface area (Å²) in [4.78, 5) is 14.5. The Morgan fingerprint density at radius 3 is 3.06 bits per heavy atom. The highest BCUT2D eigenvalue weighted by atomic mass is 35.5. The van der Waals surface area contributed by atoms with Crippen molar-refractivity contribution in [3.05, 3.63) is 28.8 Å². The molecule has 0 N–H and O–H groups in total. The van der Waals surface area contributed by atoms with Gasteiger partial charge in [-0.1, -0.05) is 11.6 Å². The van der Waals surface area contributed by atoms with E-state index in [2.05, 4.69) is 11.9 Å². The lowest BCUT2D eigenvalue weighted by Crippen LogP contribution is -2.53. The van der Waals surface area contributed by atoms with Crippen molar-refractivity contribution in [1.29, 1.82) is 0 Å². The van der Waals surface area contributed by atoms with Crippen LogP contribution >= 0.6 is 11.6 Å². The van der Waals surface area contributed by atoms with Crippen molar-refractivity contribution in [1.82, 2.24) is 4.90 Å². The van der Waals surface area contributed by atoms with Crippen LogP contribution in [0.3, 0.4) is 0 Å². The van der Waals surface area contributed by atoms with Gasteiger partial charge in [0.1, 0.15) is 11.4 Å². The Bertz CT molecular complexity index is 503. The molecular weight excluding hydrogens is 250 g/mol. The molecule has 1 aromatic carbocycles. The maximum Gasteiger partial charge on any atom is 0.170 e. The van der Waals surface area contributed by atoms with E-state index in [1.54, 1.807) is 12.1 Å². The first kappa shape index (κ1) is 12.0.